The lowest BCUT2D eigenvalue weighted by molar-refractivity contribution is 0.0935. The molecule has 1 amide bonds. The lowest BCUT2D eigenvalue weighted by Crippen LogP contribution is -2.32. The van der Waals surface area contributed by atoms with Crippen LogP contribution >= 0.6 is 0 Å². The van der Waals surface area contributed by atoms with Crippen LogP contribution in [0.5, 0.6) is 0 Å². The predicted octanol–water partition coefficient (Wildman–Crippen LogP) is 3.23. The highest BCUT2D eigenvalue weighted by Crippen LogP contribution is 2.25. The summed E-state index contributed by atoms with van der Waals surface area (Å²) in [6.07, 6.45) is 3.32. The number of aromatic amines is 1. The van der Waals surface area contributed by atoms with Crippen molar-refractivity contribution in [3.8, 4) is 0 Å². The van der Waals surface area contributed by atoms with Gasteiger partial charge >= 0.3 is 0 Å². The number of hydrogen-bond donors (Lipinski definition) is 2. The molecule has 0 aliphatic carbocycles. The summed E-state index contributed by atoms with van der Waals surface area (Å²) < 4.78 is 16.2. The van der Waals surface area contributed by atoms with Crippen molar-refractivity contribution in [3.05, 3.63) is 76.4 Å². The van der Waals surface area contributed by atoms with Crippen LogP contribution in [-0.2, 0) is 7.05 Å². The third-order valence-corrected chi connectivity index (χ3v) is 4.62. The number of carbonyl (C=O) groups is 2. The topological polar surface area (TPSA) is 79.8 Å². The number of Topliss-reactive ketones (excluding diaryl/α,β-unsaturated/α-hetero) is 1. The molecule has 0 saturated carbocycles. The van der Waals surface area contributed by atoms with E-state index in [1.165, 1.54) is 13.0 Å². The molecule has 0 saturated heterocycles. The van der Waals surface area contributed by atoms with Gasteiger partial charge in [0, 0.05) is 36.3 Å². The van der Waals surface area contributed by atoms with Crippen LogP contribution in [0.15, 0.2) is 36.7 Å². The highest BCUT2D eigenvalue weighted by molar-refractivity contribution is 6.02. The van der Waals surface area contributed by atoms with Crippen molar-refractivity contribution < 1.29 is 14.0 Å². The first-order valence-corrected chi connectivity index (χ1v) is 8.53. The molecule has 0 aliphatic rings. The molecular weight excluding hydrogens is 347 g/mol. The number of carbonyl (C=O) groups excluding carboxylic acids is 2. The highest BCUT2D eigenvalue weighted by atomic mass is 19.1. The number of benzene rings is 1. The minimum atomic E-state index is -0.775. The van der Waals surface area contributed by atoms with Crippen molar-refractivity contribution in [1.29, 1.82) is 0 Å². The average Bonchev–Trinajstić information content (AvgIpc) is 3.16. The maximum absolute atomic E-state index is 14.4. The fourth-order valence-electron chi connectivity index (χ4n) is 3.35. The molecule has 1 atom stereocenters. The number of H-pyrrole nitrogens is 1. The number of rotatable bonds is 5. The number of ketones is 1. The molecule has 140 valence electrons. The molecule has 7 heteroatoms. The van der Waals surface area contributed by atoms with Gasteiger partial charge in [0.15, 0.2) is 5.78 Å². The number of nitrogens with zero attached hydrogens (tertiary/aromatic N) is 2. The van der Waals surface area contributed by atoms with Gasteiger partial charge < -0.3 is 14.9 Å². The van der Waals surface area contributed by atoms with Crippen molar-refractivity contribution in [3.63, 3.8) is 0 Å². The average molecular weight is 368 g/mol. The Labute approximate surface area is 156 Å². The van der Waals surface area contributed by atoms with E-state index in [2.05, 4.69) is 15.3 Å². The van der Waals surface area contributed by atoms with E-state index in [1.54, 1.807) is 56.1 Å². The summed E-state index contributed by atoms with van der Waals surface area (Å²) in [5.74, 6) is -0.481. The smallest absolute Gasteiger partial charge is 0.268 e. The van der Waals surface area contributed by atoms with E-state index in [0.29, 0.717) is 28.2 Å². The van der Waals surface area contributed by atoms with E-state index in [0.717, 1.165) is 0 Å². The number of hydrogen-bond acceptors (Lipinski definition) is 3. The fourth-order valence-corrected chi connectivity index (χ4v) is 3.35. The summed E-state index contributed by atoms with van der Waals surface area (Å²) in [6, 6.07) is 5.48. The number of halogens is 1. The zero-order chi connectivity index (χ0) is 19.7. The van der Waals surface area contributed by atoms with E-state index in [1.807, 2.05) is 0 Å². The Bertz CT molecular complexity index is 1020. The second kappa shape index (κ2) is 7.19. The van der Waals surface area contributed by atoms with Gasteiger partial charge in [-0.3, -0.25) is 9.59 Å². The number of aromatic nitrogens is 3. The quantitative estimate of drug-likeness (QED) is 0.679. The zero-order valence-electron chi connectivity index (χ0n) is 15.6. The van der Waals surface area contributed by atoms with Crippen LogP contribution in [0.1, 0.15) is 56.5 Å². The summed E-state index contributed by atoms with van der Waals surface area (Å²) in [4.78, 5) is 32.0. The lowest BCUT2D eigenvalue weighted by Gasteiger charge is -2.19. The van der Waals surface area contributed by atoms with E-state index in [9.17, 15) is 14.0 Å². The van der Waals surface area contributed by atoms with Crippen molar-refractivity contribution in [1.82, 2.24) is 19.9 Å². The van der Waals surface area contributed by atoms with Gasteiger partial charge in [0.25, 0.3) is 5.91 Å². The summed E-state index contributed by atoms with van der Waals surface area (Å²) in [7, 11) is 1.78. The van der Waals surface area contributed by atoms with Gasteiger partial charge in [0.1, 0.15) is 23.4 Å². The van der Waals surface area contributed by atoms with Gasteiger partial charge in [0.05, 0.1) is 0 Å². The molecular formula is C20H21FN4O2. The van der Waals surface area contributed by atoms with E-state index >= 15 is 0 Å². The van der Waals surface area contributed by atoms with Gasteiger partial charge in [-0.25, -0.2) is 9.37 Å². The molecule has 0 aliphatic heterocycles. The van der Waals surface area contributed by atoms with Crippen LogP contribution in [0.3, 0.4) is 0 Å². The van der Waals surface area contributed by atoms with Crippen molar-refractivity contribution in [2.24, 2.45) is 7.05 Å². The van der Waals surface area contributed by atoms with Gasteiger partial charge in [0.2, 0.25) is 0 Å². The Morgan fingerprint density at radius 1 is 1.26 bits per heavy atom. The molecule has 0 spiro atoms. The Kier molecular flexibility index (Phi) is 4.94. The van der Waals surface area contributed by atoms with Crippen molar-refractivity contribution in [2.75, 3.05) is 0 Å². The predicted molar refractivity (Wildman–Crippen MR) is 99.2 cm³/mol. The number of aryl methyl sites for hydroxylation is 2. The summed E-state index contributed by atoms with van der Waals surface area (Å²) >= 11 is 0. The Hall–Kier alpha value is -3.22. The summed E-state index contributed by atoms with van der Waals surface area (Å²) in [5.41, 5.74) is 2.30. The Morgan fingerprint density at radius 2 is 1.96 bits per heavy atom. The SMILES string of the molecule is CC(=O)c1c(C)[nH]c(C(=O)NC(c2ccccc2F)c2nccn2C)c1C. The number of imidazole rings is 1. The zero-order valence-corrected chi connectivity index (χ0v) is 15.6. The first-order chi connectivity index (χ1) is 12.8. The maximum atomic E-state index is 14.4. The molecule has 2 aromatic heterocycles. The minimum Gasteiger partial charge on any atom is -0.354 e. The normalized spacial score (nSPS) is 12.0. The molecule has 2 N–H and O–H groups in total. The Morgan fingerprint density at radius 3 is 2.52 bits per heavy atom. The van der Waals surface area contributed by atoms with E-state index in [-0.39, 0.29) is 11.5 Å². The second-order valence-corrected chi connectivity index (χ2v) is 6.51. The van der Waals surface area contributed by atoms with Gasteiger partial charge in [-0.15, -0.1) is 0 Å². The molecule has 3 rings (SSSR count). The monoisotopic (exact) mass is 368 g/mol. The van der Waals surface area contributed by atoms with Crippen LogP contribution in [0.4, 0.5) is 4.39 Å². The summed E-state index contributed by atoms with van der Waals surface area (Å²) in [6.45, 7) is 4.92. The Balaban J connectivity index is 2.02. The van der Waals surface area contributed by atoms with Gasteiger partial charge in [-0.2, -0.15) is 0 Å². The maximum Gasteiger partial charge on any atom is 0.268 e. The summed E-state index contributed by atoms with van der Waals surface area (Å²) in [5, 5.41) is 2.85. The van der Waals surface area contributed by atoms with Crippen LogP contribution in [-0.4, -0.2) is 26.2 Å². The molecule has 1 unspecified atom stereocenters. The largest absolute Gasteiger partial charge is 0.354 e. The van der Waals surface area contributed by atoms with Crippen LogP contribution in [0.2, 0.25) is 0 Å². The first kappa shape index (κ1) is 18.6. The second-order valence-electron chi connectivity index (χ2n) is 6.51. The molecule has 6 nitrogen and oxygen atoms in total. The standard InChI is InChI=1S/C20H21FN4O2/c1-11-16(13(3)26)12(2)23-17(11)20(27)24-18(19-22-9-10-25(19)4)14-7-5-6-8-15(14)21/h5-10,18,23H,1-4H3,(H,24,27). The third-order valence-electron chi connectivity index (χ3n) is 4.62. The van der Waals surface area contributed by atoms with Gasteiger partial charge in [-0.1, -0.05) is 18.2 Å². The molecule has 0 radical (unpaired) electrons. The molecule has 0 bridgehead atoms. The third kappa shape index (κ3) is 3.40. The van der Waals surface area contributed by atoms with Crippen LogP contribution in [0, 0.1) is 19.7 Å². The minimum absolute atomic E-state index is 0.116. The van der Waals surface area contributed by atoms with Crippen LogP contribution < -0.4 is 5.32 Å². The molecule has 0 fully saturated rings. The van der Waals surface area contributed by atoms with Gasteiger partial charge in [-0.05, 0) is 32.4 Å². The fraction of sp³-hybridized carbons (Fsp3) is 0.250. The number of amides is 1. The molecule has 3 aromatic rings. The highest BCUT2D eigenvalue weighted by Gasteiger charge is 2.26. The van der Waals surface area contributed by atoms with Crippen LogP contribution in [0.25, 0.3) is 0 Å². The lowest BCUT2D eigenvalue weighted by atomic mass is 10.0. The molecule has 27 heavy (non-hydrogen) atoms. The number of nitrogens with one attached hydrogen (secondary N) is 2. The molecule has 2 heterocycles. The van der Waals surface area contributed by atoms with E-state index < -0.39 is 17.8 Å². The van der Waals surface area contributed by atoms with E-state index in [4.69, 9.17) is 0 Å². The van der Waals surface area contributed by atoms with Crippen molar-refractivity contribution in [2.45, 2.75) is 26.8 Å². The van der Waals surface area contributed by atoms with Crippen molar-refractivity contribution >= 4 is 11.7 Å². The molecule has 1 aromatic carbocycles. The first-order valence-electron chi connectivity index (χ1n) is 8.53.